The first-order valence-electron chi connectivity index (χ1n) is 7.74. The third kappa shape index (κ3) is 3.35. The number of anilines is 2. The van der Waals surface area contributed by atoms with Crippen molar-refractivity contribution in [3.8, 4) is 17.1 Å². The van der Waals surface area contributed by atoms with E-state index < -0.39 is 0 Å². The highest BCUT2D eigenvalue weighted by molar-refractivity contribution is 7.98. The number of hydrogen-bond donors (Lipinski definition) is 2. The van der Waals surface area contributed by atoms with Crippen molar-refractivity contribution in [1.29, 1.82) is 0 Å². The molecule has 2 aromatic heterocycles. The zero-order valence-corrected chi connectivity index (χ0v) is 14.5. The maximum atomic E-state index is 6.12. The van der Waals surface area contributed by atoms with E-state index in [1.165, 1.54) is 17.3 Å². The van der Waals surface area contributed by atoms with E-state index in [1.54, 1.807) is 10.7 Å². The van der Waals surface area contributed by atoms with Gasteiger partial charge in [-0.1, -0.05) is 49.4 Å². The summed E-state index contributed by atoms with van der Waals surface area (Å²) in [6.07, 6.45) is 4.11. The Labute approximate surface area is 145 Å². The number of nitrogens with two attached hydrogens (primary N) is 2. The minimum absolute atomic E-state index is 0.393. The Hall–Kier alpha value is -2.54. The molecule has 7 heteroatoms. The fraction of sp³-hybridized carbons (Fsp3) is 0.235. The van der Waals surface area contributed by atoms with E-state index in [-0.39, 0.29) is 0 Å². The Balaban J connectivity index is 1.97. The summed E-state index contributed by atoms with van der Waals surface area (Å²) in [5, 5.41) is 5.17. The second-order valence-corrected chi connectivity index (χ2v) is 6.22. The van der Waals surface area contributed by atoms with E-state index in [2.05, 4.69) is 46.3 Å². The minimum Gasteiger partial charge on any atom is -0.384 e. The molecule has 3 aromatic rings. The summed E-state index contributed by atoms with van der Waals surface area (Å²) in [5.74, 6) is 1.47. The van der Waals surface area contributed by atoms with Gasteiger partial charge in [0.05, 0.1) is 5.69 Å². The number of benzene rings is 1. The molecule has 0 atom stereocenters. The lowest BCUT2D eigenvalue weighted by atomic mass is 10.1. The van der Waals surface area contributed by atoms with Gasteiger partial charge in [0, 0.05) is 17.7 Å². The first-order chi connectivity index (χ1) is 11.6. The van der Waals surface area contributed by atoms with Gasteiger partial charge in [0.15, 0.2) is 11.0 Å². The largest absolute Gasteiger partial charge is 0.384 e. The molecule has 0 bridgehead atoms. The molecule has 0 unspecified atom stereocenters. The molecule has 1 aromatic carbocycles. The van der Waals surface area contributed by atoms with E-state index >= 15 is 0 Å². The molecule has 3 rings (SSSR count). The minimum atomic E-state index is 0.393. The summed E-state index contributed by atoms with van der Waals surface area (Å²) in [4.78, 5) is 8.57. The molecule has 124 valence electrons. The smallest absolute Gasteiger partial charge is 0.191 e. The van der Waals surface area contributed by atoms with Crippen LogP contribution in [0.25, 0.3) is 17.1 Å². The van der Waals surface area contributed by atoms with Crippen LogP contribution in [0.3, 0.4) is 0 Å². The molecule has 2 heterocycles. The Morgan fingerprint density at radius 2 is 1.83 bits per heavy atom. The lowest BCUT2D eigenvalue weighted by Crippen LogP contribution is -2.07. The van der Waals surface area contributed by atoms with Gasteiger partial charge in [0.25, 0.3) is 0 Å². The van der Waals surface area contributed by atoms with Crippen LogP contribution in [0.4, 0.5) is 11.6 Å². The van der Waals surface area contributed by atoms with Crippen LogP contribution in [0.5, 0.6) is 0 Å². The van der Waals surface area contributed by atoms with Crippen LogP contribution in [0.15, 0.2) is 41.6 Å². The number of aromatic nitrogens is 4. The molecule has 6 nitrogen and oxygen atoms in total. The quantitative estimate of drug-likeness (QED) is 0.547. The molecule has 0 saturated carbocycles. The number of hydrogen-bond acceptors (Lipinski definition) is 6. The van der Waals surface area contributed by atoms with Gasteiger partial charge in [0.1, 0.15) is 11.6 Å². The second-order valence-electron chi connectivity index (χ2n) is 5.45. The summed E-state index contributed by atoms with van der Waals surface area (Å²) < 4.78 is 1.59. The lowest BCUT2D eigenvalue weighted by molar-refractivity contribution is 0.821. The number of thioether (sulfide) groups is 1. The Bertz CT molecular complexity index is 841. The van der Waals surface area contributed by atoms with E-state index in [1.807, 2.05) is 12.3 Å². The van der Waals surface area contributed by atoms with Crippen molar-refractivity contribution in [3.63, 3.8) is 0 Å². The topological polar surface area (TPSA) is 95.6 Å². The van der Waals surface area contributed by atoms with Gasteiger partial charge in [-0.3, -0.25) is 0 Å². The van der Waals surface area contributed by atoms with Crippen molar-refractivity contribution in [3.05, 3.63) is 42.0 Å². The van der Waals surface area contributed by atoms with Crippen molar-refractivity contribution in [2.24, 2.45) is 0 Å². The summed E-state index contributed by atoms with van der Waals surface area (Å²) in [7, 11) is 0. The van der Waals surface area contributed by atoms with Crippen LogP contribution >= 0.6 is 11.8 Å². The predicted octanol–water partition coefficient (Wildman–Crippen LogP) is 3.17. The summed E-state index contributed by atoms with van der Waals surface area (Å²) in [6.45, 7) is 2.17. The van der Waals surface area contributed by atoms with Crippen LogP contribution in [0.2, 0.25) is 0 Å². The number of aryl methyl sites for hydroxylation is 1. The van der Waals surface area contributed by atoms with Crippen LogP contribution in [0, 0.1) is 0 Å². The monoisotopic (exact) mass is 340 g/mol. The Morgan fingerprint density at radius 3 is 2.50 bits per heavy atom. The van der Waals surface area contributed by atoms with E-state index in [9.17, 15) is 0 Å². The zero-order valence-electron chi connectivity index (χ0n) is 13.7. The standard InChI is InChI=1S/C17H20N6S/c1-3-4-11-5-7-12(8-6-11)13-9-15(19)23(22-13)16-10-14(18)20-17(21-16)24-2/h5-10H,3-4,19H2,1-2H3,(H2,18,20,21). The molecule has 24 heavy (non-hydrogen) atoms. The maximum Gasteiger partial charge on any atom is 0.191 e. The average Bonchev–Trinajstić information content (AvgIpc) is 2.97. The molecule has 4 N–H and O–H groups in total. The number of nitrogens with zero attached hydrogens (tertiary/aromatic N) is 4. The highest BCUT2D eigenvalue weighted by atomic mass is 32.2. The first-order valence-corrected chi connectivity index (χ1v) is 8.97. The number of rotatable bonds is 5. The van der Waals surface area contributed by atoms with Crippen molar-refractivity contribution >= 4 is 23.4 Å². The van der Waals surface area contributed by atoms with Gasteiger partial charge in [-0.15, -0.1) is 0 Å². The third-order valence-electron chi connectivity index (χ3n) is 3.64. The summed E-state index contributed by atoms with van der Waals surface area (Å²) >= 11 is 1.42. The molecule has 0 saturated heterocycles. The van der Waals surface area contributed by atoms with Crippen molar-refractivity contribution in [2.75, 3.05) is 17.7 Å². The molecular weight excluding hydrogens is 320 g/mol. The highest BCUT2D eigenvalue weighted by Crippen LogP contribution is 2.24. The molecule has 0 aliphatic heterocycles. The van der Waals surface area contributed by atoms with Crippen molar-refractivity contribution < 1.29 is 0 Å². The van der Waals surface area contributed by atoms with Crippen molar-refractivity contribution in [1.82, 2.24) is 19.7 Å². The van der Waals surface area contributed by atoms with Crippen LogP contribution < -0.4 is 11.5 Å². The molecular formula is C17H20N6S. The predicted molar refractivity (Wildman–Crippen MR) is 99.2 cm³/mol. The molecule has 0 spiro atoms. The summed E-state index contributed by atoms with van der Waals surface area (Å²) in [6, 6.07) is 11.9. The number of nitrogen functional groups attached to an aromatic ring is 2. The van der Waals surface area contributed by atoms with Gasteiger partial charge in [-0.2, -0.15) is 9.78 Å². The van der Waals surface area contributed by atoms with E-state index in [0.717, 1.165) is 24.1 Å². The van der Waals surface area contributed by atoms with Crippen LogP contribution in [-0.4, -0.2) is 26.0 Å². The first kappa shape index (κ1) is 16.3. The van der Waals surface area contributed by atoms with E-state index in [0.29, 0.717) is 22.6 Å². The van der Waals surface area contributed by atoms with Gasteiger partial charge in [-0.05, 0) is 18.2 Å². The maximum absolute atomic E-state index is 6.12. The Morgan fingerprint density at radius 1 is 1.08 bits per heavy atom. The van der Waals surface area contributed by atoms with Crippen molar-refractivity contribution in [2.45, 2.75) is 24.9 Å². The fourth-order valence-electron chi connectivity index (χ4n) is 2.48. The van der Waals surface area contributed by atoms with Gasteiger partial charge >= 0.3 is 0 Å². The normalized spacial score (nSPS) is 10.9. The molecule has 0 aliphatic rings. The fourth-order valence-corrected chi connectivity index (χ4v) is 2.86. The SMILES string of the molecule is CCCc1ccc(-c2cc(N)n(-c3cc(N)nc(SC)n3)n2)cc1. The van der Waals surface area contributed by atoms with Crippen LogP contribution in [0.1, 0.15) is 18.9 Å². The molecule has 0 aliphatic carbocycles. The lowest BCUT2D eigenvalue weighted by Gasteiger charge is -2.05. The van der Waals surface area contributed by atoms with Crippen LogP contribution in [-0.2, 0) is 6.42 Å². The summed E-state index contributed by atoms with van der Waals surface area (Å²) in [5.41, 5.74) is 15.1. The zero-order chi connectivity index (χ0) is 17.1. The van der Waals surface area contributed by atoms with Gasteiger partial charge in [-0.25, -0.2) is 9.97 Å². The molecule has 0 amide bonds. The third-order valence-corrected chi connectivity index (χ3v) is 4.18. The van der Waals surface area contributed by atoms with Gasteiger partial charge < -0.3 is 11.5 Å². The van der Waals surface area contributed by atoms with E-state index in [4.69, 9.17) is 11.5 Å². The van der Waals surface area contributed by atoms with Gasteiger partial charge in [0.2, 0.25) is 0 Å². The highest BCUT2D eigenvalue weighted by Gasteiger charge is 2.12. The molecule has 0 fully saturated rings. The molecule has 0 radical (unpaired) electrons. The Kier molecular flexibility index (Phi) is 4.71. The second kappa shape index (κ2) is 6.92. The average molecular weight is 340 g/mol.